The molecule has 3 nitrogen and oxygen atoms in total. The van der Waals surface area contributed by atoms with Gasteiger partial charge in [-0.3, -0.25) is 0 Å². The molecule has 0 aliphatic heterocycles. The van der Waals surface area contributed by atoms with Crippen molar-refractivity contribution in [3.05, 3.63) is 42.3 Å². The van der Waals surface area contributed by atoms with E-state index >= 15 is 0 Å². The highest BCUT2D eigenvalue weighted by molar-refractivity contribution is 5.28. The summed E-state index contributed by atoms with van der Waals surface area (Å²) in [5, 5.41) is 0. The zero-order valence-electron chi connectivity index (χ0n) is 14.3. The quantitative estimate of drug-likeness (QED) is 0.695. The van der Waals surface area contributed by atoms with Gasteiger partial charge in [-0.1, -0.05) is 26.0 Å². The van der Waals surface area contributed by atoms with Gasteiger partial charge in [0.2, 0.25) is 0 Å². The van der Waals surface area contributed by atoms with E-state index in [0.717, 1.165) is 12.3 Å². The van der Waals surface area contributed by atoms with Gasteiger partial charge >= 0.3 is 0 Å². The molecular weight excluding hydrogens is 262 g/mol. The van der Waals surface area contributed by atoms with E-state index in [1.54, 1.807) is 0 Å². The van der Waals surface area contributed by atoms with Crippen LogP contribution in [0.1, 0.15) is 46.1 Å². The first-order valence-electron chi connectivity index (χ1n) is 7.51. The highest BCUT2D eigenvalue weighted by atomic mass is 16.5. The van der Waals surface area contributed by atoms with Crippen molar-refractivity contribution in [1.82, 2.24) is 4.90 Å². The van der Waals surface area contributed by atoms with Crippen LogP contribution < -0.4 is 4.74 Å². The molecule has 3 heteroatoms. The van der Waals surface area contributed by atoms with Gasteiger partial charge in [0.05, 0.1) is 6.54 Å². The molecule has 21 heavy (non-hydrogen) atoms. The van der Waals surface area contributed by atoms with Crippen molar-refractivity contribution in [3.63, 3.8) is 0 Å². The molecule has 0 bridgehead atoms. The molecule has 1 aromatic carbocycles. The second kappa shape index (κ2) is 7.39. The van der Waals surface area contributed by atoms with Crippen molar-refractivity contribution in [1.29, 1.82) is 0 Å². The van der Waals surface area contributed by atoms with Gasteiger partial charge in [-0.15, -0.1) is 0 Å². The summed E-state index contributed by atoms with van der Waals surface area (Å²) < 4.78 is 11.5. The molecule has 0 aliphatic carbocycles. The predicted molar refractivity (Wildman–Crippen MR) is 88.6 cm³/mol. The van der Waals surface area contributed by atoms with E-state index in [9.17, 15) is 0 Å². The summed E-state index contributed by atoms with van der Waals surface area (Å²) in [6.07, 6.45) is 0. The largest absolute Gasteiger partial charge is 0.492 e. The van der Waals surface area contributed by atoms with E-state index in [-0.39, 0.29) is 5.60 Å². The van der Waals surface area contributed by atoms with E-state index in [1.807, 2.05) is 44.9 Å². The minimum atomic E-state index is -0.223. The fourth-order valence-electron chi connectivity index (χ4n) is 1.81. The van der Waals surface area contributed by atoms with E-state index < -0.39 is 0 Å². The number of nitrogens with zero attached hydrogens (tertiary/aromatic N) is 1. The molecule has 0 radical (unpaired) electrons. The molecule has 0 saturated heterocycles. The van der Waals surface area contributed by atoms with E-state index in [4.69, 9.17) is 9.47 Å². The highest BCUT2D eigenvalue weighted by Crippen LogP contribution is 2.19. The number of benzene rings is 1. The summed E-state index contributed by atoms with van der Waals surface area (Å²) in [5.41, 5.74) is 1.10. The van der Waals surface area contributed by atoms with Gasteiger partial charge in [-0.05, 0) is 51.0 Å². The standard InChI is InChI=1S/C18H29NO2/c1-14(2)16-8-10-17(11-9-16)20-13-12-19(7)15(3)21-18(4,5)6/h8-11,14H,3,12-13H2,1-2,4-7H3. The maximum Gasteiger partial charge on any atom is 0.182 e. The van der Waals surface area contributed by atoms with E-state index in [0.29, 0.717) is 18.4 Å². The molecule has 0 atom stereocenters. The number of rotatable bonds is 7. The van der Waals surface area contributed by atoms with Gasteiger partial charge in [0.1, 0.15) is 18.0 Å². The van der Waals surface area contributed by atoms with Crippen molar-refractivity contribution in [2.45, 2.75) is 46.1 Å². The molecule has 0 aliphatic rings. The monoisotopic (exact) mass is 291 g/mol. The Morgan fingerprint density at radius 2 is 1.76 bits per heavy atom. The lowest BCUT2D eigenvalue weighted by Crippen LogP contribution is -2.29. The molecule has 0 N–H and O–H groups in total. The zero-order valence-corrected chi connectivity index (χ0v) is 14.3. The first-order chi connectivity index (χ1) is 9.69. The van der Waals surface area contributed by atoms with Crippen LogP contribution in [0.4, 0.5) is 0 Å². The van der Waals surface area contributed by atoms with Crippen LogP contribution in [0.15, 0.2) is 36.7 Å². The SMILES string of the molecule is C=C(OC(C)(C)C)N(C)CCOc1ccc(C(C)C)cc1. The van der Waals surface area contributed by atoms with Crippen molar-refractivity contribution in [3.8, 4) is 5.75 Å². The first-order valence-corrected chi connectivity index (χ1v) is 7.51. The maximum atomic E-state index is 5.75. The third kappa shape index (κ3) is 6.56. The third-order valence-electron chi connectivity index (χ3n) is 3.09. The number of hydrogen-bond donors (Lipinski definition) is 0. The van der Waals surface area contributed by atoms with Gasteiger partial charge in [-0.25, -0.2) is 0 Å². The summed E-state index contributed by atoms with van der Waals surface area (Å²) in [6, 6.07) is 8.28. The summed E-state index contributed by atoms with van der Waals surface area (Å²) >= 11 is 0. The molecule has 0 aromatic heterocycles. The molecule has 0 saturated carbocycles. The Morgan fingerprint density at radius 3 is 2.24 bits per heavy atom. The van der Waals surface area contributed by atoms with Crippen LogP contribution in [0.25, 0.3) is 0 Å². The van der Waals surface area contributed by atoms with Crippen LogP contribution in [0.5, 0.6) is 5.75 Å². The maximum absolute atomic E-state index is 5.75. The van der Waals surface area contributed by atoms with Crippen LogP contribution in [0, 0.1) is 0 Å². The molecule has 1 rings (SSSR count). The lowest BCUT2D eigenvalue weighted by atomic mass is 10.0. The smallest absolute Gasteiger partial charge is 0.182 e. The Labute approximate surface area is 129 Å². The van der Waals surface area contributed by atoms with Gasteiger partial charge in [-0.2, -0.15) is 0 Å². The van der Waals surface area contributed by atoms with Gasteiger partial charge in [0, 0.05) is 7.05 Å². The summed E-state index contributed by atoms with van der Waals surface area (Å²) in [5.74, 6) is 2.11. The van der Waals surface area contributed by atoms with Crippen LogP contribution in [-0.2, 0) is 4.74 Å². The second-order valence-corrected chi connectivity index (χ2v) is 6.60. The average molecular weight is 291 g/mol. The van der Waals surface area contributed by atoms with Crippen molar-refractivity contribution in [2.75, 3.05) is 20.2 Å². The van der Waals surface area contributed by atoms with Gasteiger partial charge in [0.25, 0.3) is 0 Å². The number of ether oxygens (including phenoxy) is 2. The lowest BCUT2D eigenvalue weighted by Gasteiger charge is -2.28. The summed E-state index contributed by atoms with van der Waals surface area (Å²) in [6.45, 7) is 15.7. The van der Waals surface area contributed by atoms with Crippen LogP contribution >= 0.6 is 0 Å². The Hall–Kier alpha value is -1.64. The topological polar surface area (TPSA) is 21.7 Å². The summed E-state index contributed by atoms with van der Waals surface area (Å²) in [7, 11) is 1.96. The second-order valence-electron chi connectivity index (χ2n) is 6.60. The Bertz CT molecular complexity index is 443. The fraction of sp³-hybridized carbons (Fsp3) is 0.556. The van der Waals surface area contributed by atoms with E-state index in [1.165, 1.54) is 5.56 Å². The molecule has 118 valence electrons. The molecule has 0 spiro atoms. The molecule has 0 unspecified atom stereocenters. The van der Waals surface area contributed by atoms with Gasteiger partial charge < -0.3 is 14.4 Å². The predicted octanol–water partition coefficient (Wildman–Crippen LogP) is 4.41. The molecule has 0 amide bonds. The molecule has 1 aromatic rings. The minimum Gasteiger partial charge on any atom is -0.492 e. The average Bonchev–Trinajstić information content (AvgIpc) is 2.37. The van der Waals surface area contributed by atoms with E-state index in [2.05, 4.69) is 32.6 Å². The number of likely N-dealkylation sites (N-methyl/N-ethyl adjacent to an activating group) is 1. The Balaban J connectivity index is 2.37. The summed E-state index contributed by atoms with van der Waals surface area (Å²) in [4.78, 5) is 1.97. The minimum absolute atomic E-state index is 0.223. The zero-order chi connectivity index (χ0) is 16.0. The Kier molecular flexibility index (Phi) is 6.13. The third-order valence-corrected chi connectivity index (χ3v) is 3.09. The number of hydrogen-bond acceptors (Lipinski definition) is 3. The fourth-order valence-corrected chi connectivity index (χ4v) is 1.81. The Morgan fingerprint density at radius 1 is 1.19 bits per heavy atom. The van der Waals surface area contributed by atoms with Crippen molar-refractivity contribution < 1.29 is 9.47 Å². The van der Waals surface area contributed by atoms with Crippen LogP contribution in [-0.4, -0.2) is 30.7 Å². The first kappa shape index (κ1) is 17.4. The molecular formula is C18H29NO2. The highest BCUT2D eigenvalue weighted by Gasteiger charge is 2.14. The van der Waals surface area contributed by atoms with Crippen molar-refractivity contribution in [2.24, 2.45) is 0 Å². The van der Waals surface area contributed by atoms with Crippen molar-refractivity contribution >= 4 is 0 Å². The van der Waals surface area contributed by atoms with Crippen LogP contribution in [0.2, 0.25) is 0 Å². The molecule has 0 fully saturated rings. The lowest BCUT2D eigenvalue weighted by molar-refractivity contribution is 0.00705. The molecule has 0 heterocycles. The van der Waals surface area contributed by atoms with Crippen LogP contribution in [0.3, 0.4) is 0 Å². The normalized spacial score (nSPS) is 11.4. The van der Waals surface area contributed by atoms with Gasteiger partial charge in [0.15, 0.2) is 5.88 Å².